The number of hydrogen-bond donors (Lipinski definition) is 2. The topological polar surface area (TPSA) is 69.4 Å². The normalized spacial score (nSPS) is 10.6. The highest BCUT2D eigenvalue weighted by atomic mass is 32.1. The fourth-order valence-electron chi connectivity index (χ4n) is 1.26. The van der Waals surface area contributed by atoms with Gasteiger partial charge in [-0.05, 0) is 31.8 Å². The molecule has 0 bridgehead atoms. The second-order valence-electron chi connectivity index (χ2n) is 4.01. The molecular weight excluding hydrogens is 250 g/mol. The van der Waals surface area contributed by atoms with Crippen LogP contribution in [0.3, 0.4) is 0 Å². The van der Waals surface area contributed by atoms with E-state index in [9.17, 15) is 0 Å². The van der Waals surface area contributed by atoms with E-state index in [1.165, 1.54) is 11.5 Å². The Bertz CT molecular complexity index is 366. The molecule has 0 aliphatic rings. The minimum atomic E-state index is 0.0769. The maximum Gasteiger partial charge on any atom is 0.197 e. The van der Waals surface area contributed by atoms with Crippen LogP contribution in [-0.4, -0.2) is 30.2 Å². The van der Waals surface area contributed by atoms with Crippen LogP contribution < -0.4 is 15.8 Å². The zero-order valence-corrected chi connectivity index (χ0v) is 11.8. The molecule has 0 saturated heterocycles. The van der Waals surface area contributed by atoms with Crippen molar-refractivity contribution < 1.29 is 9.47 Å². The van der Waals surface area contributed by atoms with Gasteiger partial charge in [0, 0.05) is 6.54 Å². The summed E-state index contributed by atoms with van der Waals surface area (Å²) >= 11 is 1.30. The van der Waals surface area contributed by atoms with E-state index >= 15 is 0 Å². The fraction of sp³-hybridized carbons (Fsp3) is 0.583. The van der Waals surface area contributed by atoms with Gasteiger partial charge in [0.15, 0.2) is 16.6 Å². The van der Waals surface area contributed by atoms with E-state index in [0.717, 1.165) is 11.4 Å². The van der Waals surface area contributed by atoms with Crippen molar-refractivity contribution in [2.75, 3.05) is 30.8 Å². The van der Waals surface area contributed by atoms with Gasteiger partial charge in [0.2, 0.25) is 0 Å². The van der Waals surface area contributed by atoms with E-state index in [-0.39, 0.29) is 6.10 Å². The van der Waals surface area contributed by atoms with Gasteiger partial charge in [-0.3, -0.25) is 0 Å². The Hall–Kier alpha value is -1.27. The first-order valence-electron chi connectivity index (χ1n) is 5.99. The third-order valence-electron chi connectivity index (χ3n) is 2.03. The number of hydrogen-bond acceptors (Lipinski definition) is 6. The summed E-state index contributed by atoms with van der Waals surface area (Å²) < 4.78 is 15.1. The van der Waals surface area contributed by atoms with Gasteiger partial charge in [-0.25, -0.2) is 0 Å². The minimum absolute atomic E-state index is 0.0769. The number of nitrogens with one attached hydrogen (secondary N) is 1. The lowest BCUT2D eigenvalue weighted by Gasteiger charge is -2.11. The first-order chi connectivity index (χ1) is 8.65. The zero-order valence-electron chi connectivity index (χ0n) is 10.9. The van der Waals surface area contributed by atoms with E-state index < -0.39 is 0 Å². The Labute approximate surface area is 112 Å². The van der Waals surface area contributed by atoms with Gasteiger partial charge in [-0.2, -0.15) is 4.37 Å². The molecule has 0 atom stereocenters. The molecule has 18 heavy (non-hydrogen) atoms. The average Bonchev–Trinajstić information content (AvgIpc) is 2.65. The Morgan fingerprint density at radius 1 is 1.50 bits per heavy atom. The molecule has 0 radical (unpaired) electrons. The van der Waals surface area contributed by atoms with Gasteiger partial charge < -0.3 is 20.5 Å². The number of nitrogens with zero attached hydrogens (tertiary/aromatic N) is 1. The standard InChI is InChI=1S/C12H21N3O2S/c1-4-5-7-16-8-6-14-12-10(17-9(2)3)11(13)15-18-12/h4,9,14H,1,5-8H2,2-3H3,(H2,13,15). The summed E-state index contributed by atoms with van der Waals surface area (Å²) in [6.45, 7) is 9.58. The monoisotopic (exact) mass is 271 g/mol. The maximum atomic E-state index is 5.75. The summed E-state index contributed by atoms with van der Waals surface area (Å²) in [5.41, 5.74) is 5.75. The van der Waals surface area contributed by atoms with Crippen molar-refractivity contribution in [3.05, 3.63) is 12.7 Å². The number of anilines is 2. The molecule has 1 aromatic rings. The van der Waals surface area contributed by atoms with Gasteiger partial charge in [0.25, 0.3) is 0 Å². The smallest absolute Gasteiger partial charge is 0.197 e. The molecule has 0 fully saturated rings. The van der Waals surface area contributed by atoms with Crippen LogP contribution in [0.2, 0.25) is 0 Å². The molecule has 1 rings (SSSR count). The molecule has 0 unspecified atom stereocenters. The van der Waals surface area contributed by atoms with Gasteiger partial charge in [0.05, 0.1) is 19.3 Å². The van der Waals surface area contributed by atoms with Gasteiger partial charge >= 0.3 is 0 Å². The lowest BCUT2D eigenvalue weighted by molar-refractivity contribution is 0.149. The molecule has 1 aromatic heterocycles. The Morgan fingerprint density at radius 3 is 2.94 bits per heavy atom. The quantitative estimate of drug-likeness (QED) is 0.533. The van der Waals surface area contributed by atoms with Crippen LogP contribution in [0.1, 0.15) is 20.3 Å². The molecule has 0 aliphatic heterocycles. The Kier molecular flexibility index (Phi) is 6.53. The van der Waals surface area contributed by atoms with Gasteiger partial charge in [-0.15, -0.1) is 6.58 Å². The molecular formula is C12H21N3O2S. The molecule has 0 aromatic carbocycles. The number of aromatic nitrogens is 1. The van der Waals surface area contributed by atoms with Crippen molar-refractivity contribution >= 4 is 22.4 Å². The highest BCUT2D eigenvalue weighted by Crippen LogP contribution is 2.35. The predicted octanol–water partition coefficient (Wildman–Crippen LogP) is 2.52. The van der Waals surface area contributed by atoms with E-state index in [0.29, 0.717) is 31.3 Å². The number of rotatable bonds is 9. The summed E-state index contributed by atoms with van der Waals surface area (Å²) in [6, 6.07) is 0. The molecule has 6 heteroatoms. The van der Waals surface area contributed by atoms with E-state index in [1.807, 2.05) is 19.9 Å². The van der Waals surface area contributed by atoms with Crippen molar-refractivity contribution in [1.82, 2.24) is 4.37 Å². The SMILES string of the molecule is C=CCCOCCNc1snc(N)c1OC(C)C. The maximum absolute atomic E-state index is 5.75. The third-order valence-corrected chi connectivity index (χ3v) is 2.83. The third kappa shape index (κ3) is 4.93. The molecule has 0 aliphatic carbocycles. The Balaban J connectivity index is 2.35. The van der Waals surface area contributed by atoms with Crippen LogP contribution in [-0.2, 0) is 4.74 Å². The van der Waals surface area contributed by atoms with Crippen LogP contribution >= 0.6 is 11.5 Å². The van der Waals surface area contributed by atoms with E-state index in [2.05, 4.69) is 16.3 Å². The average molecular weight is 271 g/mol. The van der Waals surface area contributed by atoms with Crippen LogP contribution in [0.15, 0.2) is 12.7 Å². The van der Waals surface area contributed by atoms with Gasteiger partial charge in [-0.1, -0.05) is 6.08 Å². The highest BCUT2D eigenvalue weighted by Gasteiger charge is 2.13. The van der Waals surface area contributed by atoms with Crippen molar-refractivity contribution in [3.8, 4) is 5.75 Å². The first-order valence-corrected chi connectivity index (χ1v) is 6.76. The van der Waals surface area contributed by atoms with Crippen LogP contribution in [0.25, 0.3) is 0 Å². The lowest BCUT2D eigenvalue weighted by Crippen LogP contribution is -2.12. The first kappa shape index (κ1) is 14.8. The van der Waals surface area contributed by atoms with Crippen molar-refractivity contribution in [1.29, 1.82) is 0 Å². The van der Waals surface area contributed by atoms with Crippen molar-refractivity contribution in [3.63, 3.8) is 0 Å². The Morgan fingerprint density at radius 2 is 2.28 bits per heavy atom. The highest BCUT2D eigenvalue weighted by molar-refractivity contribution is 7.11. The van der Waals surface area contributed by atoms with Crippen molar-refractivity contribution in [2.24, 2.45) is 0 Å². The summed E-state index contributed by atoms with van der Waals surface area (Å²) in [6.07, 6.45) is 2.79. The zero-order chi connectivity index (χ0) is 13.4. The largest absolute Gasteiger partial charge is 0.484 e. The predicted molar refractivity (Wildman–Crippen MR) is 76.4 cm³/mol. The molecule has 3 N–H and O–H groups in total. The number of nitrogens with two attached hydrogens (primary N) is 1. The molecule has 0 amide bonds. The number of ether oxygens (including phenoxy) is 2. The summed E-state index contributed by atoms with van der Waals surface area (Å²) in [5, 5.41) is 4.07. The van der Waals surface area contributed by atoms with Crippen LogP contribution in [0, 0.1) is 0 Å². The van der Waals surface area contributed by atoms with E-state index in [1.54, 1.807) is 0 Å². The molecule has 102 valence electrons. The van der Waals surface area contributed by atoms with Gasteiger partial charge in [0.1, 0.15) is 0 Å². The van der Waals surface area contributed by atoms with E-state index in [4.69, 9.17) is 15.2 Å². The molecule has 1 heterocycles. The van der Waals surface area contributed by atoms with Crippen molar-refractivity contribution in [2.45, 2.75) is 26.4 Å². The van der Waals surface area contributed by atoms with Crippen LogP contribution in [0.5, 0.6) is 5.75 Å². The van der Waals surface area contributed by atoms with Crippen LogP contribution in [0.4, 0.5) is 10.8 Å². The molecule has 0 saturated carbocycles. The minimum Gasteiger partial charge on any atom is -0.484 e. The summed E-state index contributed by atoms with van der Waals surface area (Å²) in [7, 11) is 0. The molecule has 0 spiro atoms. The fourth-order valence-corrected chi connectivity index (χ4v) is 1.94. The molecule has 5 nitrogen and oxygen atoms in total. The summed E-state index contributed by atoms with van der Waals surface area (Å²) in [5.74, 6) is 1.07. The lowest BCUT2D eigenvalue weighted by atomic mass is 10.4. The number of nitrogen functional groups attached to an aromatic ring is 1. The second kappa shape index (κ2) is 7.94. The summed E-state index contributed by atoms with van der Waals surface area (Å²) in [4.78, 5) is 0. The second-order valence-corrected chi connectivity index (χ2v) is 4.78.